The Labute approximate surface area is 183 Å². The van der Waals surface area contributed by atoms with Gasteiger partial charge in [0.25, 0.3) is 5.91 Å². The molecule has 31 heavy (non-hydrogen) atoms. The summed E-state index contributed by atoms with van der Waals surface area (Å²) in [6.45, 7) is 3.54. The van der Waals surface area contributed by atoms with Crippen LogP contribution < -0.4 is 19.2 Å². The smallest absolute Gasteiger partial charge is 0.260 e. The lowest BCUT2D eigenvalue weighted by Crippen LogP contribution is -2.39. The molecule has 0 saturated heterocycles. The van der Waals surface area contributed by atoms with E-state index < -0.39 is 15.9 Å². The molecule has 0 unspecified atom stereocenters. The molecule has 0 radical (unpaired) electrons. The molecule has 0 aromatic heterocycles. The number of hydrazone groups is 1. The molecule has 0 spiro atoms. The molecule has 0 heterocycles. The number of aryl methyl sites for hydroxylation is 1. The lowest BCUT2D eigenvalue weighted by Gasteiger charge is -2.21. The Balaban J connectivity index is 2.20. The second-order valence-corrected chi connectivity index (χ2v) is 8.71. The molecule has 8 nitrogen and oxygen atoms in total. The van der Waals surface area contributed by atoms with Crippen LogP contribution in [0, 0.1) is 0 Å². The largest absolute Gasteiger partial charge is 0.493 e. The first-order valence-electron chi connectivity index (χ1n) is 9.87. The van der Waals surface area contributed by atoms with Gasteiger partial charge in [0, 0.05) is 5.56 Å². The van der Waals surface area contributed by atoms with Crippen LogP contribution in [0.3, 0.4) is 0 Å². The van der Waals surface area contributed by atoms with Crippen molar-refractivity contribution in [3.8, 4) is 11.5 Å². The number of hydrogen-bond donors (Lipinski definition) is 1. The van der Waals surface area contributed by atoms with Gasteiger partial charge in [-0.3, -0.25) is 9.10 Å². The van der Waals surface area contributed by atoms with Gasteiger partial charge in [0.15, 0.2) is 11.5 Å². The first-order valence-corrected chi connectivity index (χ1v) is 11.7. The molecular weight excluding hydrogens is 418 g/mol. The number of ether oxygens (including phenoxy) is 2. The van der Waals surface area contributed by atoms with Gasteiger partial charge in [-0.05, 0) is 48.7 Å². The summed E-state index contributed by atoms with van der Waals surface area (Å²) < 4.78 is 36.1. The van der Waals surface area contributed by atoms with E-state index in [1.54, 1.807) is 38.5 Å². The summed E-state index contributed by atoms with van der Waals surface area (Å²) in [5, 5.41) is 4.20. The van der Waals surface area contributed by atoms with Gasteiger partial charge < -0.3 is 9.47 Å². The molecular formula is C22H29N3O5S. The normalized spacial score (nSPS) is 11.7. The van der Waals surface area contributed by atoms with Crippen molar-refractivity contribution in [1.82, 2.24) is 5.43 Å². The Morgan fingerprint density at radius 2 is 1.68 bits per heavy atom. The van der Waals surface area contributed by atoms with Gasteiger partial charge in [-0.2, -0.15) is 5.10 Å². The average molecular weight is 448 g/mol. The predicted molar refractivity (Wildman–Crippen MR) is 123 cm³/mol. The van der Waals surface area contributed by atoms with Crippen molar-refractivity contribution in [2.45, 2.75) is 26.7 Å². The van der Waals surface area contributed by atoms with Crippen LogP contribution in [0.15, 0.2) is 47.6 Å². The van der Waals surface area contributed by atoms with Crippen LogP contribution in [0.25, 0.3) is 0 Å². The zero-order valence-corrected chi connectivity index (χ0v) is 19.3. The van der Waals surface area contributed by atoms with Gasteiger partial charge in [-0.1, -0.05) is 26.0 Å². The quantitative estimate of drug-likeness (QED) is 0.446. The fraction of sp³-hybridized carbons (Fsp3) is 0.364. The minimum absolute atomic E-state index is 0.378. The van der Waals surface area contributed by atoms with Gasteiger partial charge >= 0.3 is 0 Å². The molecule has 2 aromatic carbocycles. The number of nitrogens with zero attached hydrogens (tertiary/aromatic N) is 2. The van der Waals surface area contributed by atoms with Crippen LogP contribution in [-0.4, -0.2) is 47.1 Å². The van der Waals surface area contributed by atoms with Crippen LogP contribution in [0.2, 0.25) is 0 Å². The third-order valence-corrected chi connectivity index (χ3v) is 5.83. The van der Waals surface area contributed by atoms with Gasteiger partial charge in [0.05, 0.1) is 31.9 Å². The first kappa shape index (κ1) is 24.2. The van der Waals surface area contributed by atoms with Crippen LogP contribution in [-0.2, 0) is 21.2 Å². The fourth-order valence-electron chi connectivity index (χ4n) is 2.96. The molecule has 1 amide bonds. The van der Waals surface area contributed by atoms with Crippen LogP contribution in [0.1, 0.15) is 31.4 Å². The molecule has 0 aliphatic rings. The van der Waals surface area contributed by atoms with E-state index in [0.717, 1.165) is 28.1 Å². The molecule has 0 fully saturated rings. The lowest BCUT2D eigenvalue weighted by atomic mass is 10.1. The van der Waals surface area contributed by atoms with Crippen molar-refractivity contribution >= 4 is 27.3 Å². The summed E-state index contributed by atoms with van der Waals surface area (Å²) in [6.07, 6.45) is 2.45. The zero-order chi connectivity index (χ0) is 23.0. The van der Waals surface area contributed by atoms with Crippen molar-refractivity contribution in [3.05, 3.63) is 53.6 Å². The van der Waals surface area contributed by atoms with Crippen LogP contribution >= 0.6 is 0 Å². The SMILES string of the molecule is CC/C(=N/NC(=O)CN(c1ccc(CC)cc1)S(C)(=O)=O)c1ccc(OC)c(OC)c1. The topological polar surface area (TPSA) is 97.3 Å². The molecule has 1 N–H and O–H groups in total. The summed E-state index contributed by atoms with van der Waals surface area (Å²) >= 11 is 0. The maximum atomic E-state index is 12.5. The van der Waals surface area contributed by atoms with Crippen molar-refractivity contribution in [3.63, 3.8) is 0 Å². The highest BCUT2D eigenvalue weighted by Crippen LogP contribution is 2.28. The summed E-state index contributed by atoms with van der Waals surface area (Å²) in [7, 11) is -0.560. The van der Waals surface area contributed by atoms with E-state index in [4.69, 9.17) is 9.47 Å². The summed E-state index contributed by atoms with van der Waals surface area (Å²) in [5.41, 5.74) is 5.34. The van der Waals surface area contributed by atoms with E-state index >= 15 is 0 Å². The van der Waals surface area contributed by atoms with Crippen LogP contribution in [0.4, 0.5) is 5.69 Å². The van der Waals surface area contributed by atoms with E-state index in [9.17, 15) is 13.2 Å². The van der Waals surface area contributed by atoms with Gasteiger partial charge in [0.1, 0.15) is 6.54 Å². The standard InChI is InChI=1S/C22H29N3O5S/c1-6-16-8-11-18(12-9-16)25(31(5,27)28)15-22(26)24-23-19(7-2)17-10-13-20(29-3)21(14-17)30-4/h8-14H,6-7,15H2,1-5H3,(H,24,26)/b23-19-. The van der Waals surface area contributed by atoms with E-state index in [-0.39, 0.29) is 6.54 Å². The Morgan fingerprint density at radius 3 is 2.19 bits per heavy atom. The number of benzene rings is 2. The number of nitrogens with one attached hydrogen (secondary N) is 1. The number of sulfonamides is 1. The summed E-state index contributed by atoms with van der Waals surface area (Å²) in [6, 6.07) is 12.4. The number of hydrogen-bond acceptors (Lipinski definition) is 6. The molecule has 0 aliphatic heterocycles. The van der Waals surface area contributed by atoms with Gasteiger partial charge in [-0.25, -0.2) is 13.8 Å². The number of rotatable bonds is 10. The van der Waals surface area contributed by atoms with E-state index in [0.29, 0.717) is 29.3 Å². The highest BCUT2D eigenvalue weighted by atomic mass is 32.2. The Kier molecular flexibility index (Phi) is 8.44. The zero-order valence-electron chi connectivity index (χ0n) is 18.5. The minimum Gasteiger partial charge on any atom is -0.493 e. The molecule has 0 saturated carbocycles. The second-order valence-electron chi connectivity index (χ2n) is 6.81. The Morgan fingerprint density at radius 1 is 1.03 bits per heavy atom. The van der Waals surface area contributed by atoms with Crippen molar-refractivity contribution in [1.29, 1.82) is 0 Å². The number of amides is 1. The maximum Gasteiger partial charge on any atom is 0.260 e. The van der Waals surface area contributed by atoms with Gasteiger partial charge in [0.2, 0.25) is 10.0 Å². The molecule has 9 heteroatoms. The van der Waals surface area contributed by atoms with E-state index in [1.165, 1.54) is 0 Å². The Bertz CT molecular complexity index is 1030. The van der Waals surface area contributed by atoms with Gasteiger partial charge in [-0.15, -0.1) is 0 Å². The molecule has 168 valence electrons. The first-order chi connectivity index (χ1) is 14.7. The predicted octanol–water partition coefficient (Wildman–Crippen LogP) is 2.96. The summed E-state index contributed by atoms with van der Waals surface area (Å²) in [4.78, 5) is 12.5. The third kappa shape index (κ3) is 6.45. The molecule has 0 aliphatic carbocycles. The van der Waals surface area contributed by atoms with E-state index in [1.807, 2.05) is 32.0 Å². The van der Waals surface area contributed by atoms with Crippen LogP contribution in [0.5, 0.6) is 11.5 Å². The van der Waals surface area contributed by atoms with Crippen molar-refractivity contribution in [2.75, 3.05) is 31.3 Å². The number of anilines is 1. The number of carbonyl (C=O) groups excluding carboxylic acids is 1. The molecule has 2 rings (SSSR count). The highest BCUT2D eigenvalue weighted by molar-refractivity contribution is 7.92. The molecule has 0 bridgehead atoms. The number of methoxy groups -OCH3 is 2. The molecule has 0 atom stereocenters. The van der Waals surface area contributed by atoms with Crippen molar-refractivity contribution in [2.24, 2.45) is 5.10 Å². The second kappa shape index (κ2) is 10.8. The monoisotopic (exact) mass is 447 g/mol. The average Bonchev–Trinajstić information content (AvgIpc) is 2.77. The fourth-order valence-corrected chi connectivity index (χ4v) is 3.81. The maximum absolute atomic E-state index is 12.5. The lowest BCUT2D eigenvalue weighted by molar-refractivity contribution is -0.119. The third-order valence-electron chi connectivity index (χ3n) is 4.69. The van der Waals surface area contributed by atoms with Crippen molar-refractivity contribution < 1.29 is 22.7 Å². The molecule has 2 aromatic rings. The summed E-state index contributed by atoms with van der Waals surface area (Å²) in [5.74, 6) is 0.589. The van der Waals surface area contributed by atoms with E-state index in [2.05, 4.69) is 10.5 Å². The highest BCUT2D eigenvalue weighted by Gasteiger charge is 2.21. The Hall–Kier alpha value is -3.07. The number of carbonyl (C=O) groups is 1. The minimum atomic E-state index is -3.65.